The molecule has 0 atom stereocenters. The van der Waals surface area contributed by atoms with Gasteiger partial charge in [-0.15, -0.1) is 0 Å². The fourth-order valence-corrected chi connectivity index (χ4v) is 2.98. The molecule has 3 aromatic rings. The smallest absolute Gasteiger partial charge is 0.238 e. The summed E-state index contributed by atoms with van der Waals surface area (Å²) in [7, 11) is -3.81. The van der Waals surface area contributed by atoms with Crippen molar-refractivity contribution >= 4 is 10.0 Å². The van der Waals surface area contributed by atoms with Gasteiger partial charge >= 0.3 is 0 Å². The second kappa shape index (κ2) is 5.16. The fourth-order valence-electron chi connectivity index (χ4n) is 2.24. The molecule has 3 rings (SSSR count). The molecule has 21 heavy (non-hydrogen) atoms. The number of hydrogen-bond donors (Lipinski definition) is 2. The maximum absolute atomic E-state index is 11.7. The summed E-state index contributed by atoms with van der Waals surface area (Å²) in [6.45, 7) is 0. The van der Waals surface area contributed by atoms with E-state index in [9.17, 15) is 8.42 Å². The van der Waals surface area contributed by atoms with E-state index >= 15 is 0 Å². The van der Waals surface area contributed by atoms with E-state index in [2.05, 4.69) is 10.2 Å². The van der Waals surface area contributed by atoms with Gasteiger partial charge in [-0.25, -0.2) is 13.6 Å². The van der Waals surface area contributed by atoms with Crippen LogP contribution in [0.5, 0.6) is 0 Å². The highest BCUT2D eigenvalue weighted by Crippen LogP contribution is 2.33. The Morgan fingerprint density at radius 1 is 0.905 bits per heavy atom. The number of nitrogens with two attached hydrogens (primary N) is 1. The highest BCUT2D eigenvalue weighted by Gasteiger charge is 2.19. The summed E-state index contributed by atoms with van der Waals surface area (Å²) in [6, 6.07) is 16.2. The van der Waals surface area contributed by atoms with Gasteiger partial charge in [-0.05, 0) is 11.6 Å². The molecule has 0 saturated heterocycles. The van der Waals surface area contributed by atoms with Crippen LogP contribution in [0, 0.1) is 0 Å². The van der Waals surface area contributed by atoms with E-state index in [-0.39, 0.29) is 4.90 Å². The second-order valence-electron chi connectivity index (χ2n) is 4.55. The molecule has 6 heteroatoms. The van der Waals surface area contributed by atoms with Crippen LogP contribution in [0.3, 0.4) is 0 Å². The van der Waals surface area contributed by atoms with Crippen LogP contribution in [0.15, 0.2) is 65.7 Å². The fraction of sp³-hybridized carbons (Fsp3) is 0. The minimum absolute atomic E-state index is 0.0641. The predicted molar refractivity (Wildman–Crippen MR) is 80.8 cm³/mol. The van der Waals surface area contributed by atoms with Crippen molar-refractivity contribution in [2.45, 2.75) is 4.90 Å². The van der Waals surface area contributed by atoms with E-state index in [1.165, 1.54) is 6.07 Å². The minimum Gasteiger partial charge on any atom is -0.284 e. The van der Waals surface area contributed by atoms with E-state index in [4.69, 9.17) is 5.14 Å². The molecule has 1 aromatic heterocycles. The third kappa shape index (κ3) is 2.58. The second-order valence-corrected chi connectivity index (χ2v) is 6.08. The lowest BCUT2D eigenvalue weighted by Gasteiger charge is -2.07. The summed E-state index contributed by atoms with van der Waals surface area (Å²) in [5.41, 5.74) is 2.82. The van der Waals surface area contributed by atoms with Gasteiger partial charge in [0.25, 0.3) is 0 Å². The van der Waals surface area contributed by atoms with Crippen LogP contribution in [0.4, 0.5) is 0 Å². The summed E-state index contributed by atoms with van der Waals surface area (Å²) in [5.74, 6) is 0. The third-order valence-electron chi connectivity index (χ3n) is 3.17. The molecule has 0 aliphatic rings. The number of H-pyrrole nitrogens is 1. The molecule has 5 nitrogen and oxygen atoms in total. The molecule has 1 heterocycles. The van der Waals surface area contributed by atoms with Gasteiger partial charge in [-0.1, -0.05) is 48.5 Å². The lowest BCUT2D eigenvalue weighted by molar-refractivity contribution is 0.598. The first-order valence-corrected chi connectivity index (χ1v) is 7.83. The molecule has 3 N–H and O–H groups in total. The van der Waals surface area contributed by atoms with Crippen LogP contribution in [0.2, 0.25) is 0 Å². The summed E-state index contributed by atoms with van der Waals surface area (Å²) in [4.78, 5) is 0.0641. The van der Waals surface area contributed by atoms with Crippen molar-refractivity contribution in [2.24, 2.45) is 5.14 Å². The SMILES string of the molecule is NS(=O)(=O)c1ccccc1-c1n[nH]cc1-c1ccccc1. The standard InChI is InChI=1S/C15H13N3O2S/c16-21(19,20)14-9-5-4-8-12(14)15-13(10-17-18-15)11-6-2-1-3-7-11/h1-10H,(H,17,18)(H2,16,19,20). The zero-order valence-electron chi connectivity index (χ0n) is 11.0. The number of aromatic amines is 1. The number of sulfonamides is 1. The molecule has 0 saturated carbocycles. The Morgan fingerprint density at radius 2 is 1.57 bits per heavy atom. The summed E-state index contributed by atoms with van der Waals surface area (Å²) in [6.07, 6.45) is 1.74. The summed E-state index contributed by atoms with van der Waals surface area (Å²) in [5, 5.41) is 12.3. The molecule has 0 amide bonds. The van der Waals surface area contributed by atoms with Gasteiger partial charge in [0, 0.05) is 17.3 Å². The highest BCUT2D eigenvalue weighted by molar-refractivity contribution is 7.89. The minimum atomic E-state index is -3.81. The Kier molecular flexibility index (Phi) is 3.32. The van der Waals surface area contributed by atoms with Gasteiger partial charge in [0.15, 0.2) is 0 Å². The largest absolute Gasteiger partial charge is 0.284 e. The molecule has 0 aliphatic carbocycles. The zero-order chi connectivity index (χ0) is 14.9. The lowest BCUT2D eigenvalue weighted by atomic mass is 10.0. The number of nitrogens with zero attached hydrogens (tertiary/aromatic N) is 1. The van der Waals surface area contributed by atoms with E-state index in [0.29, 0.717) is 11.3 Å². The molecule has 0 aliphatic heterocycles. The van der Waals surface area contributed by atoms with E-state index in [1.807, 2.05) is 30.3 Å². The molecule has 106 valence electrons. The first-order chi connectivity index (χ1) is 10.1. The van der Waals surface area contributed by atoms with Crippen LogP contribution >= 0.6 is 0 Å². The number of aromatic nitrogens is 2. The first-order valence-electron chi connectivity index (χ1n) is 6.29. The average molecular weight is 299 g/mol. The summed E-state index contributed by atoms with van der Waals surface area (Å²) < 4.78 is 23.5. The van der Waals surface area contributed by atoms with Crippen molar-refractivity contribution in [3.8, 4) is 22.4 Å². The van der Waals surface area contributed by atoms with Crippen molar-refractivity contribution < 1.29 is 8.42 Å². The Labute approximate surface area is 122 Å². The number of rotatable bonds is 3. The molecule has 0 radical (unpaired) electrons. The molecule has 0 spiro atoms. The maximum Gasteiger partial charge on any atom is 0.238 e. The van der Waals surface area contributed by atoms with Crippen LogP contribution in [0.25, 0.3) is 22.4 Å². The number of primary sulfonamides is 1. The Morgan fingerprint density at radius 3 is 2.29 bits per heavy atom. The Balaban J connectivity index is 2.23. The van der Waals surface area contributed by atoms with Gasteiger partial charge in [-0.3, -0.25) is 5.10 Å². The number of hydrogen-bond acceptors (Lipinski definition) is 3. The molecule has 2 aromatic carbocycles. The number of nitrogens with one attached hydrogen (secondary N) is 1. The van der Waals surface area contributed by atoms with Crippen molar-refractivity contribution in [3.63, 3.8) is 0 Å². The van der Waals surface area contributed by atoms with Crippen LogP contribution < -0.4 is 5.14 Å². The Bertz CT molecular complexity index is 871. The maximum atomic E-state index is 11.7. The van der Waals surface area contributed by atoms with Gasteiger partial charge in [0.1, 0.15) is 5.69 Å². The van der Waals surface area contributed by atoms with Gasteiger partial charge in [-0.2, -0.15) is 5.10 Å². The third-order valence-corrected chi connectivity index (χ3v) is 4.14. The van der Waals surface area contributed by atoms with E-state index in [0.717, 1.165) is 11.1 Å². The van der Waals surface area contributed by atoms with Crippen LogP contribution in [0.1, 0.15) is 0 Å². The molecular weight excluding hydrogens is 286 g/mol. The number of benzene rings is 2. The normalized spacial score (nSPS) is 11.5. The van der Waals surface area contributed by atoms with E-state index in [1.54, 1.807) is 24.4 Å². The van der Waals surface area contributed by atoms with Crippen molar-refractivity contribution in [3.05, 3.63) is 60.8 Å². The lowest BCUT2D eigenvalue weighted by Crippen LogP contribution is -2.13. The van der Waals surface area contributed by atoms with Gasteiger partial charge < -0.3 is 0 Å². The predicted octanol–water partition coefficient (Wildman–Crippen LogP) is 2.39. The zero-order valence-corrected chi connectivity index (χ0v) is 11.8. The van der Waals surface area contributed by atoms with Crippen LogP contribution in [-0.2, 0) is 10.0 Å². The van der Waals surface area contributed by atoms with Crippen LogP contribution in [-0.4, -0.2) is 18.6 Å². The molecule has 0 fully saturated rings. The Hall–Kier alpha value is -2.44. The molecule has 0 unspecified atom stereocenters. The topological polar surface area (TPSA) is 88.8 Å². The average Bonchev–Trinajstić information content (AvgIpc) is 2.96. The van der Waals surface area contributed by atoms with Crippen molar-refractivity contribution in [1.82, 2.24) is 10.2 Å². The monoisotopic (exact) mass is 299 g/mol. The molecule has 0 bridgehead atoms. The molecular formula is C15H13N3O2S. The van der Waals surface area contributed by atoms with Crippen molar-refractivity contribution in [2.75, 3.05) is 0 Å². The van der Waals surface area contributed by atoms with Gasteiger partial charge in [0.2, 0.25) is 10.0 Å². The first kappa shape index (κ1) is 13.5. The van der Waals surface area contributed by atoms with E-state index < -0.39 is 10.0 Å². The highest BCUT2D eigenvalue weighted by atomic mass is 32.2. The van der Waals surface area contributed by atoms with Gasteiger partial charge in [0.05, 0.1) is 4.90 Å². The summed E-state index contributed by atoms with van der Waals surface area (Å²) >= 11 is 0. The quantitative estimate of drug-likeness (QED) is 0.778. The van der Waals surface area contributed by atoms with Crippen molar-refractivity contribution in [1.29, 1.82) is 0 Å².